The van der Waals surface area contributed by atoms with Gasteiger partial charge in [-0.1, -0.05) is 12.2 Å². The summed E-state index contributed by atoms with van der Waals surface area (Å²) in [5.74, 6) is 0. The predicted molar refractivity (Wildman–Crippen MR) is 74.9 cm³/mol. The molecule has 7 nitrogen and oxygen atoms in total. The van der Waals surface area contributed by atoms with Crippen LogP contribution >= 0.6 is 12.2 Å². The van der Waals surface area contributed by atoms with Gasteiger partial charge in [0.05, 0.1) is 12.7 Å². The summed E-state index contributed by atoms with van der Waals surface area (Å²) in [6.45, 7) is 1.38. The molecule has 0 unspecified atom stereocenters. The molecule has 3 N–H and O–H groups in total. The van der Waals surface area contributed by atoms with Crippen LogP contribution in [-0.2, 0) is 11.2 Å². The minimum atomic E-state index is -0.848. The quantitative estimate of drug-likeness (QED) is 0.623. The second-order valence-corrected chi connectivity index (χ2v) is 5.51. The number of nitrogens with one attached hydrogen (secondary N) is 1. The summed E-state index contributed by atoms with van der Waals surface area (Å²) in [7, 11) is 0. The Hall–Kier alpha value is -1.35. The predicted octanol–water partition coefficient (Wildman–Crippen LogP) is -0.890. The monoisotopic (exact) mass is 300 g/mol. The molecule has 0 radical (unpaired) electrons. The number of ether oxygens (including phenoxy) is 1. The normalized spacial score (nSPS) is 25.9. The van der Waals surface area contributed by atoms with E-state index in [1.54, 1.807) is 6.92 Å². The Labute approximate surface area is 119 Å². The molecule has 110 valence electrons. The molecule has 0 spiro atoms. The molecule has 1 aliphatic rings. The van der Waals surface area contributed by atoms with E-state index in [0.717, 1.165) is 0 Å². The fraction of sp³-hybridized carbons (Fsp3) is 0.583. The van der Waals surface area contributed by atoms with Crippen molar-refractivity contribution in [2.75, 3.05) is 6.61 Å². The maximum atomic E-state index is 11.8. The van der Waals surface area contributed by atoms with E-state index in [9.17, 15) is 14.7 Å². The van der Waals surface area contributed by atoms with E-state index < -0.39 is 29.7 Å². The Morgan fingerprint density at radius 2 is 2.30 bits per heavy atom. The van der Waals surface area contributed by atoms with E-state index >= 15 is 0 Å². The minimum absolute atomic E-state index is 0.174. The van der Waals surface area contributed by atoms with Gasteiger partial charge in [0.1, 0.15) is 12.3 Å². The van der Waals surface area contributed by atoms with Gasteiger partial charge < -0.3 is 14.9 Å². The molecule has 0 amide bonds. The first kappa shape index (κ1) is 15.0. The molecule has 20 heavy (non-hydrogen) atoms. The number of nitrogens with zero attached hydrogens (tertiary/aromatic N) is 1. The number of thiocarbonyl (C=S) groups is 1. The van der Waals surface area contributed by atoms with Gasteiger partial charge in [-0.05, 0) is 11.8 Å². The molecule has 1 saturated heterocycles. The zero-order valence-corrected chi connectivity index (χ0v) is 11.7. The summed E-state index contributed by atoms with van der Waals surface area (Å²) in [6.07, 6.45) is -0.435. The van der Waals surface area contributed by atoms with Crippen LogP contribution in [0.15, 0.2) is 15.8 Å². The molecule has 0 aliphatic carbocycles. The van der Waals surface area contributed by atoms with E-state index in [0.29, 0.717) is 10.4 Å². The Morgan fingerprint density at radius 1 is 1.60 bits per heavy atom. The molecule has 1 aliphatic heterocycles. The summed E-state index contributed by atoms with van der Waals surface area (Å²) < 4.78 is 6.61. The Balaban J connectivity index is 2.35. The third-order valence-corrected chi connectivity index (χ3v) is 3.32. The van der Waals surface area contributed by atoms with Crippen molar-refractivity contribution in [1.29, 1.82) is 0 Å². The van der Waals surface area contributed by atoms with Crippen molar-refractivity contribution in [1.82, 2.24) is 9.55 Å². The maximum absolute atomic E-state index is 11.8. The molecule has 1 fully saturated rings. The lowest BCUT2D eigenvalue weighted by molar-refractivity contribution is -0.0459. The van der Waals surface area contributed by atoms with E-state index in [4.69, 9.17) is 22.1 Å². The third-order valence-electron chi connectivity index (χ3n) is 3.18. The first-order valence-electron chi connectivity index (χ1n) is 6.20. The highest BCUT2D eigenvalue weighted by Crippen LogP contribution is 2.27. The van der Waals surface area contributed by atoms with Crippen LogP contribution in [0.4, 0.5) is 0 Å². The van der Waals surface area contributed by atoms with Gasteiger partial charge in [-0.25, -0.2) is 4.79 Å². The third kappa shape index (κ3) is 3.04. The van der Waals surface area contributed by atoms with E-state index in [2.05, 4.69) is 4.98 Å². The van der Waals surface area contributed by atoms with Crippen LogP contribution in [0.1, 0.15) is 25.1 Å². The SMILES string of the molecule is CC(=S)Cc1cn([C@H]2C[C@H](O)[C@@H](CO)O2)c(=O)[nH]c1=O. The summed E-state index contributed by atoms with van der Waals surface area (Å²) >= 11 is 4.96. The smallest absolute Gasteiger partial charge is 0.330 e. The van der Waals surface area contributed by atoms with Gasteiger partial charge >= 0.3 is 5.69 Å². The van der Waals surface area contributed by atoms with Gasteiger partial charge in [-0.15, -0.1) is 0 Å². The second-order valence-electron chi connectivity index (χ2n) is 4.81. The summed E-state index contributed by atoms with van der Waals surface area (Å²) in [6, 6.07) is 0. The summed E-state index contributed by atoms with van der Waals surface area (Å²) in [5, 5.41) is 18.7. The van der Waals surface area contributed by atoms with Gasteiger partial charge in [0.25, 0.3) is 5.56 Å². The highest BCUT2D eigenvalue weighted by Gasteiger charge is 2.35. The van der Waals surface area contributed by atoms with Crippen LogP contribution in [0, 0.1) is 0 Å². The fourth-order valence-electron chi connectivity index (χ4n) is 2.19. The van der Waals surface area contributed by atoms with Crippen LogP contribution in [0.5, 0.6) is 0 Å². The fourth-order valence-corrected chi connectivity index (χ4v) is 2.34. The second kappa shape index (κ2) is 5.96. The highest BCUT2D eigenvalue weighted by molar-refractivity contribution is 7.80. The van der Waals surface area contributed by atoms with E-state index in [1.807, 2.05) is 0 Å². The number of aliphatic hydroxyl groups is 2. The molecule has 0 bridgehead atoms. The standard InChI is InChI=1S/C12H16N2O5S/c1-6(20)2-7-4-14(12(18)13-11(7)17)10-3-8(16)9(5-15)19-10/h4,8-10,15-16H,2-3,5H2,1H3,(H,13,17,18)/t8-,9+,10+/m0/s1. The average Bonchev–Trinajstić information content (AvgIpc) is 2.73. The van der Waals surface area contributed by atoms with Crippen LogP contribution in [-0.4, -0.2) is 43.4 Å². The van der Waals surface area contributed by atoms with Gasteiger partial charge in [-0.3, -0.25) is 14.3 Å². The average molecular weight is 300 g/mol. The van der Waals surface area contributed by atoms with Gasteiger partial charge in [0, 0.05) is 24.6 Å². The molecule has 0 aromatic carbocycles. The Morgan fingerprint density at radius 3 is 2.85 bits per heavy atom. The van der Waals surface area contributed by atoms with Crippen LogP contribution < -0.4 is 11.2 Å². The molecule has 2 rings (SSSR count). The van der Waals surface area contributed by atoms with Gasteiger partial charge in [0.2, 0.25) is 0 Å². The topological polar surface area (TPSA) is 105 Å². The van der Waals surface area contributed by atoms with Crippen LogP contribution in [0.2, 0.25) is 0 Å². The largest absolute Gasteiger partial charge is 0.394 e. The molecule has 1 aromatic rings. The van der Waals surface area contributed by atoms with Gasteiger partial charge in [0.15, 0.2) is 0 Å². The molecular weight excluding hydrogens is 284 g/mol. The van der Waals surface area contributed by atoms with Crippen LogP contribution in [0.3, 0.4) is 0 Å². The van der Waals surface area contributed by atoms with Crippen molar-refractivity contribution >= 4 is 17.1 Å². The number of aromatic amines is 1. The van der Waals surface area contributed by atoms with Gasteiger partial charge in [-0.2, -0.15) is 0 Å². The summed E-state index contributed by atoms with van der Waals surface area (Å²) in [5.41, 5.74) is -0.730. The number of aliphatic hydroxyl groups excluding tert-OH is 2. The summed E-state index contributed by atoms with van der Waals surface area (Å²) in [4.78, 5) is 26.3. The van der Waals surface area contributed by atoms with Crippen molar-refractivity contribution in [3.8, 4) is 0 Å². The molecular formula is C12H16N2O5S. The Kier molecular flexibility index (Phi) is 4.48. The lowest BCUT2D eigenvalue weighted by Crippen LogP contribution is -2.34. The molecule has 1 aromatic heterocycles. The van der Waals surface area contributed by atoms with Crippen molar-refractivity contribution < 1.29 is 14.9 Å². The van der Waals surface area contributed by atoms with Crippen molar-refractivity contribution in [3.05, 3.63) is 32.6 Å². The zero-order valence-electron chi connectivity index (χ0n) is 10.9. The number of H-pyrrole nitrogens is 1. The maximum Gasteiger partial charge on any atom is 0.330 e. The number of hydrogen-bond donors (Lipinski definition) is 3. The van der Waals surface area contributed by atoms with E-state index in [1.165, 1.54) is 10.8 Å². The molecule has 3 atom stereocenters. The lowest BCUT2D eigenvalue weighted by Gasteiger charge is -2.15. The first-order valence-corrected chi connectivity index (χ1v) is 6.61. The molecule has 2 heterocycles. The zero-order chi connectivity index (χ0) is 14.9. The molecule has 8 heteroatoms. The van der Waals surface area contributed by atoms with E-state index in [-0.39, 0.29) is 19.4 Å². The first-order chi connectivity index (χ1) is 9.42. The van der Waals surface area contributed by atoms with Crippen molar-refractivity contribution in [3.63, 3.8) is 0 Å². The molecule has 0 saturated carbocycles. The Bertz CT molecular complexity index is 623. The van der Waals surface area contributed by atoms with Crippen molar-refractivity contribution in [2.45, 2.75) is 38.2 Å². The minimum Gasteiger partial charge on any atom is -0.394 e. The number of rotatable bonds is 4. The van der Waals surface area contributed by atoms with Crippen molar-refractivity contribution in [2.24, 2.45) is 0 Å². The number of aromatic nitrogens is 2. The number of hydrogen-bond acceptors (Lipinski definition) is 6. The lowest BCUT2D eigenvalue weighted by atomic mass is 10.2. The highest BCUT2D eigenvalue weighted by atomic mass is 32.1. The van der Waals surface area contributed by atoms with Crippen LogP contribution in [0.25, 0.3) is 0 Å².